The van der Waals surface area contributed by atoms with E-state index in [0.29, 0.717) is 17.3 Å². The number of likely N-dealkylation sites (tertiary alicyclic amines) is 1. The van der Waals surface area contributed by atoms with E-state index in [0.717, 1.165) is 38.9 Å². The van der Waals surface area contributed by atoms with Crippen LogP contribution in [0.25, 0.3) is 0 Å². The third kappa shape index (κ3) is 3.36. The minimum absolute atomic E-state index is 0.107. The summed E-state index contributed by atoms with van der Waals surface area (Å²) in [5.41, 5.74) is 0.838. The van der Waals surface area contributed by atoms with Crippen LogP contribution in [0.5, 0.6) is 0 Å². The van der Waals surface area contributed by atoms with Crippen LogP contribution < -0.4 is 5.32 Å². The van der Waals surface area contributed by atoms with Crippen molar-refractivity contribution < 1.29 is 14.3 Å². The number of urea groups is 1. The first kappa shape index (κ1) is 16.7. The molecule has 2 atom stereocenters. The number of amides is 2. The summed E-state index contributed by atoms with van der Waals surface area (Å²) in [4.78, 5) is 32.8. The van der Waals surface area contributed by atoms with Gasteiger partial charge in [0.25, 0.3) is 0 Å². The van der Waals surface area contributed by atoms with Crippen LogP contribution in [0, 0.1) is 0 Å². The van der Waals surface area contributed by atoms with Gasteiger partial charge in [-0.15, -0.1) is 0 Å². The molecule has 130 valence electrons. The van der Waals surface area contributed by atoms with Crippen LogP contribution in [-0.2, 0) is 4.74 Å². The first-order valence-corrected chi connectivity index (χ1v) is 8.47. The summed E-state index contributed by atoms with van der Waals surface area (Å²) in [7, 11) is 1.32. The van der Waals surface area contributed by atoms with E-state index in [-0.39, 0.29) is 12.1 Å². The number of nitrogens with one attached hydrogen (secondary N) is 1. The molecule has 2 aliphatic rings. The highest BCUT2D eigenvalue weighted by Gasteiger charge is 2.39. The monoisotopic (exact) mass is 332 g/mol. The molecule has 0 aromatic carbocycles. The topological polar surface area (TPSA) is 74.8 Å². The van der Waals surface area contributed by atoms with Crippen LogP contribution in [0.3, 0.4) is 0 Å². The Morgan fingerprint density at radius 1 is 1.29 bits per heavy atom. The minimum atomic E-state index is -0.466. The lowest BCUT2D eigenvalue weighted by atomic mass is 10.1. The van der Waals surface area contributed by atoms with Crippen molar-refractivity contribution in [2.45, 2.75) is 38.3 Å². The van der Waals surface area contributed by atoms with E-state index < -0.39 is 5.97 Å². The Kier molecular flexibility index (Phi) is 4.99. The fourth-order valence-electron chi connectivity index (χ4n) is 3.69. The zero-order chi connectivity index (χ0) is 17.1. The van der Waals surface area contributed by atoms with Gasteiger partial charge in [-0.1, -0.05) is 6.92 Å². The molecule has 2 aliphatic heterocycles. The maximum Gasteiger partial charge on any atom is 0.339 e. The lowest BCUT2D eigenvalue weighted by molar-refractivity contribution is 0.0600. The second-order valence-electron chi connectivity index (χ2n) is 6.36. The number of nitrogens with zero attached hydrogens (tertiary/aromatic N) is 3. The minimum Gasteiger partial charge on any atom is -0.465 e. The molecule has 0 saturated carbocycles. The van der Waals surface area contributed by atoms with Gasteiger partial charge in [0.15, 0.2) is 0 Å². The Morgan fingerprint density at radius 3 is 2.83 bits per heavy atom. The molecule has 24 heavy (non-hydrogen) atoms. The first-order chi connectivity index (χ1) is 11.6. The van der Waals surface area contributed by atoms with Gasteiger partial charge in [0.1, 0.15) is 0 Å². The number of carbonyl (C=O) groups excluding carboxylic acids is 2. The molecular weight excluding hydrogens is 308 g/mol. The summed E-state index contributed by atoms with van der Waals surface area (Å²) in [6, 6.07) is 2.04. The average molecular weight is 332 g/mol. The highest BCUT2D eigenvalue weighted by molar-refractivity contribution is 5.93. The average Bonchev–Trinajstić information content (AvgIpc) is 2.89. The van der Waals surface area contributed by atoms with Crippen LogP contribution in [0.4, 0.5) is 10.5 Å². The molecule has 0 unspecified atom stereocenters. The molecule has 7 nitrogen and oxygen atoms in total. The van der Waals surface area contributed by atoms with E-state index >= 15 is 0 Å². The zero-order valence-electron chi connectivity index (χ0n) is 14.2. The Hall–Kier alpha value is -2.15. The smallest absolute Gasteiger partial charge is 0.339 e. The molecule has 1 aromatic heterocycles. The number of anilines is 1. The van der Waals surface area contributed by atoms with Gasteiger partial charge < -0.3 is 19.9 Å². The highest BCUT2D eigenvalue weighted by atomic mass is 16.5. The van der Waals surface area contributed by atoms with Crippen molar-refractivity contribution in [1.29, 1.82) is 0 Å². The van der Waals surface area contributed by atoms with Crippen LogP contribution in [0.15, 0.2) is 18.5 Å². The van der Waals surface area contributed by atoms with E-state index in [1.54, 1.807) is 12.3 Å². The fraction of sp³-hybridized carbons (Fsp3) is 0.588. The standard InChI is InChI=1S/C17H24N4O3/c1-3-20-7-6-14-4-5-15(11-20)21(14)17(23)19-13-8-12(9-18-10-13)16(22)24-2/h8-10,14-15H,3-7,11H2,1-2H3,(H,19,23)/t14-,15+/m1/s1. The molecule has 0 aliphatic carbocycles. The predicted molar refractivity (Wildman–Crippen MR) is 90.0 cm³/mol. The van der Waals surface area contributed by atoms with E-state index in [2.05, 4.69) is 26.9 Å². The second kappa shape index (κ2) is 7.17. The van der Waals surface area contributed by atoms with Gasteiger partial charge in [-0.25, -0.2) is 9.59 Å². The number of methoxy groups -OCH3 is 1. The molecule has 2 bridgehead atoms. The van der Waals surface area contributed by atoms with E-state index in [9.17, 15) is 9.59 Å². The van der Waals surface area contributed by atoms with Gasteiger partial charge >= 0.3 is 12.0 Å². The molecular formula is C17H24N4O3. The van der Waals surface area contributed by atoms with Crippen molar-refractivity contribution in [3.63, 3.8) is 0 Å². The molecule has 2 fully saturated rings. The third-order valence-corrected chi connectivity index (χ3v) is 4.96. The number of hydrogen-bond acceptors (Lipinski definition) is 5. The van der Waals surface area contributed by atoms with Gasteiger partial charge in [0.2, 0.25) is 0 Å². The molecule has 2 saturated heterocycles. The molecule has 7 heteroatoms. The van der Waals surface area contributed by atoms with Crippen LogP contribution in [0.1, 0.15) is 36.5 Å². The molecule has 1 N–H and O–H groups in total. The number of pyridine rings is 1. The number of fused-ring (bicyclic) bond motifs is 2. The number of rotatable bonds is 3. The van der Waals surface area contributed by atoms with Crippen LogP contribution >= 0.6 is 0 Å². The summed E-state index contributed by atoms with van der Waals surface area (Å²) in [6.07, 6.45) is 6.10. The number of carbonyl (C=O) groups is 2. The number of aromatic nitrogens is 1. The van der Waals surface area contributed by atoms with Gasteiger partial charge in [-0.2, -0.15) is 0 Å². The normalized spacial score (nSPS) is 23.7. The molecule has 2 amide bonds. The van der Waals surface area contributed by atoms with Crippen molar-refractivity contribution >= 4 is 17.7 Å². The van der Waals surface area contributed by atoms with Crippen molar-refractivity contribution in [1.82, 2.24) is 14.8 Å². The maximum atomic E-state index is 12.8. The number of ether oxygens (including phenoxy) is 1. The zero-order valence-corrected chi connectivity index (χ0v) is 14.2. The van der Waals surface area contributed by atoms with Gasteiger partial charge in [0, 0.05) is 31.4 Å². The van der Waals surface area contributed by atoms with Crippen LogP contribution in [-0.4, -0.2) is 65.6 Å². The predicted octanol–water partition coefficient (Wildman–Crippen LogP) is 1.96. The Morgan fingerprint density at radius 2 is 2.08 bits per heavy atom. The van der Waals surface area contributed by atoms with Crippen molar-refractivity contribution in [2.75, 3.05) is 32.1 Å². The van der Waals surface area contributed by atoms with Crippen LogP contribution in [0.2, 0.25) is 0 Å². The van der Waals surface area contributed by atoms with Crippen molar-refractivity contribution in [3.8, 4) is 0 Å². The highest BCUT2D eigenvalue weighted by Crippen LogP contribution is 2.30. The van der Waals surface area contributed by atoms with E-state index in [1.165, 1.54) is 13.3 Å². The fourth-order valence-corrected chi connectivity index (χ4v) is 3.69. The van der Waals surface area contributed by atoms with Gasteiger partial charge in [-0.05, 0) is 31.9 Å². The summed E-state index contributed by atoms with van der Waals surface area (Å²) >= 11 is 0. The molecule has 1 aromatic rings. The maximum absolute atomic E-state index is 12.8. The second-order valence-corrected chi connectivity index (χ2v) is 6.36. The number of hydrogen-bond donors (Lipinski definition) is 1. The van der Waals surface area contributed by atoms with Gasteiger partial charge in [0.05, 0.1) is 24.6 Å². The summed E-state index contributed by atoms with van der Waals surface area (Å²) in [6.45, 7) is 5.15. The number of likely N-dealkylation sites (N-methyl/N-ethyl adjacent to an activating group) is 1. The van der Waals surface area contributed by atoms with Gasteiger partial charge in [-0.3, -0.25) is 4.98 Å². The third-order valence-electron chi connectivity index (χ3n) is 4.96. The van der Waals surface area contributed by atoms with Crippen molar-refractivity contribution in [2.24, 2.45) is 0 Å². The summed E-state index contributed by atoms with van der Waals surface area (Å²) in [5, 5.41) is 2.89. The summed E-state index contributed by atoms with van der Waals surface area (Å²) < 4.78 is 4.69. The Bertz CT molecular complexity index is 622. The lowest BCUT2D eigenvalue weighted by Gasteiger charge is -2.28. The molecule has 0 spiro atoms. The molecule has 0 radical (unpaired) electrons. The van der Waals surface area contributed by atoms with E-state index in [1.807, 2.05) is 4.90 Å². The Labute approximate surface area is 142 Å². The molecule has 3 heterocycles. The quantitative estimate of drug-likeness (QED) is 0.857. The van der Waals surface area contributed by atoms with Crippen molar-refractivity contribution in [3.05, 3.63) is 24.0 Å². The first-order valence-electron chi connectivity index (χ1n) is 8.47. The number of esters is 1. The van der Waals surface area contributed by atoms with E-state index in [4.69, 9.17) is 0 Å². The largest absolute Gasteiger partial charge is 0.465 e. The summed E-state index contributed by atoms with van der Waals surface area (Å²) in [5.74, 6) is -0.466. The lowest BCUT2D eigenvalue weighted by Crippen LogP contribution is -2.45. The SMILES string of the molecule is CCN1CC[C@H]2CC[C@@H](C1)N2C(=O)Nc1cncc(C(=O)OC)c1. The Balaban J connectivity index is 1.72. The molecule has 3 rings (SSSR count).